The van der Waals surface area contributed by atoms with Crippen LogP contribution in [-0.4, -0.2) is 29.3 Å². The van der Waals surface area contributed by atoms with Crippen LogP contribution in [0, 0.1) is 5.41 Å². The van der Waals surface area contributed by atoms with Crippen molar-refractivity contribution in [2.24, 2.45) is 5.41 Å². The summed E-state index contributed by atoms with van der Waals surface area (Å²) in [5.74, 6) is 1.80. The Morgan fingerprint density at radius 2 is 2.06 bits per heavy atom. The van der Waals surface area contributed by atoms with E-state index in [0.29, 0.717) is 11.5 Å². The normalized spacial score (nSPS) is 21.9. The standard InChI is InChI=1S/C13H22N4S/c1-13(2)7-5-6-9(13)15-11-8-10(14-3)16-12(17-11)18-4/h8-9H,5-7H2,1-4H3,(H2,14,15,16,17). The predicted octanol–water partition coefficient (Wildman–Crippen LogP) is 3.23. The molecular weight excluding hydrogens is 244 g/mol. The number of hydrogen-bond donors (Lipinski definition) is 2. The molecule has 1 heterocycles. The lowest BCUT2D eigenvalue weighted by atomic mass is 9.87. The molecule has 1 aromatic rings. The molecule has 1 aliphatic carbocycles. The molecule has 0 aromatic carbocycles. The van der Waals surface area contributed by atoms with E-state index in [9.17, 15) is 0 Å². The third kappa shape index (κ3) is 2.88. The van der Waals surface area contributed by atoms with Gasteiger partial charge in [0.1, 0.15) is 11.6 Å². The topological polar surface area (TPSA) is 49.8 Å². The van der Waals surface area contributed by atoms with Gasteiger partial charge in [0.05, 0.1) is 0 Å². The number of nitrogens with one attached hydrogen (secondary N) is 2. The number of aromatic nitrogens is 2. The van der Waals surface area contributed by atoms with Gasteiger partial charge in [0.2, 0.25) is 0 Å². The first-order valence-corrected chi connectivity index (χ1v) is 7.65. The third-order valence-corrected chi connectivity index (χ3v) is 4.27. The number of rotatable bonds is 4. The van der Waals surface area contributed by atoms with Crippen LogP contribution in [0.3, 0.4) is 0 Å². The summed E-state index contributed by atoms with van der Waals surface area (Å²) >= 11 is 1.57. The molecule has 0 saturated heterocycles. The van der Waals surface area contributed by atoms with Gasteiger partial charge in [0.25, 0.3) is 0 Å². The van der Waals surface area contributed by atoms with Crippen LogP contribution in [0.2, 0.25) is 0 Å². The Morgan fingerprint density at radius 1 is 1.33 bits per heavy atom. The van der Waals surface area contributed by atoms with E-state index in [0.717, 1.165) is 16.8 Å². The molecule has 1 saturated carbocycles. The molecule has 1 aromatic heterocycles. The van der Waals surface area contributed by atoms with Crippen molar-refractivity contribution >= 4 is 23.4 Å². The molecule has 100 valence electrons. The zero-order chi connectivity index (χ0) is 13.2. The SMILES string of the molecule is CNc1cc(NC2CCCC2(C)C)nc(SC)n1. The second-order valence-electron chi connectivity index (χ2n) is 5.45. The Hall–Kier alpha value is -0.970. The maximum absolute atomic E-state index is 4.53. The van der Waals surface area contributed by atoms with Crippen LogP contribution in [0.1, 0.15) is 33.1 Å². The molecule has 0 bridgehead atoms. The molecular formula is C13H22N4S. The molecule has 0 aliphatic heterocycles. The molecule has 1 aliphatic rings. The van der Waals surface area contributed by atoms with Crippen LogP contribution in [0.5, 0.6) is 0 Å². The predicted molar refractivity (Wildman–Crippen MR) is 78.4 cm³/mol. The van der Waals surface area contributed by atoms with Crippen molar-refractivity contribution in [3.63, 3.8) is 0 Å². The van der Waals surface area contributed by atoms with Crippen LogP contribution >= 0.6 is 11.8 Å². The van der Waals surface area contributed by atoms with E-state index in [2.05, 4.69) is 34.4 Å². The van der Waals surface area contributed by atoms with Crippen LogP contribution in [0.15, 0.2) is 11.2 Å². The highest BCUT2D eigenvalue weighted by Gasteiger charge is 2.34. The summed E-state index contributed by atoms with van der Waals surface area (Å²) in [7, 11) is 1.88. The molecule has 2 rings (SSSR count). The molecule has 1 atom stereocenters. The average molecular weight is 266 g/mol. The molecule has 4 nitrogen and oxygen atoms in total. The van der Waals surface area contributed by atoms with Gasteiger partial charge in [-0.15, -0.1) is 0 Å². The van der Waals surface area contributed by atoms with Gasteiger partial charge in [-0.1, -0.05) is 32.0 Å². The van der Waals surface area contributed by atoms with Crippen LogP contribution in [0.4, 0.5) is 11.6 Å². The second-order valence-corrected chi connectivity index (χ2v) is 6.23. The summed E-state index contributed by atoms with van der Waals surface area (Å²) in [6.45, 7) is 4.65. The fraction of sp³-hybridized carbons (Fsp3) is 0.692. The lowest BCUT2D eigenvalue weighted by molar-refractivity contribution is 0.349. The summed E-state index contributed by atoms with van der Waals surface area (Å²) in [4.78, 5) is 8.91. The smallest absolute Gasteiger partial charge is 0.191 e. The minimum atomic E-state index is 0.351. The monoisotopic (exact) mass is 266 g/mol. The van der Waals surface area contributed by atoms with Crippen molar-refractivity contribution in [2.45, 2.75) is 44.3 Å². The fourth-order valence-corrected chi connectivity index (χ4v) is 2.87. The summed E-state index contributed by atoms with van der Waals surface area (Å²) in [5, 5.41) is 7.47. The molecule has 1 unspecified atom stereocenters. The third-order valence-electron chi connectivity index (χ3n) is 3.72. The van der Waals surface area contributed by atoms with Crippen molar-refractivity contribution in [2.75, 3.05) is 23.9 Å². The first-order valence-electron chi connectivity index (χ1n) is 6.42. The maximum Gasteiger partial charge on any atom is 0.191 e. The van der Waals surface area contributed by atoms with E-state index in [4.69, 9.17) is 0 Å². The van der Waals surface area contributed by atoms with Gasteiger partial charge in [-0.25, -0.2) is 9.97 Å². The van der Waals surface area contributed by atoms with E-state index < -0.39 is 0 Å². The van der Waals surface area contributed by atoms with Gasteiger partial charge in [0.15, 0.2) is 5.16 Å². The van der Waals surface area contributed by atoms with Crippen molar-refractivity contribution in [1.29, 1.82) is 0 Å². The lowest BCUT2D eigenvalue weighted by Crippen LogP contribution is -2.31. The number of thioether (sulfide) groups is 1. The molecule has 18 heavy (non-hydrogen) atoms. The quantitative estimate of drug-likeness (QED) is 0.647. The average Bonchev–Trinajstić information content (AvgIpc) is 2.68. The Kier molecular flexibility index (Phi) is 4.00. The largest absolute Gasteiger partial charge is 0.373 e. The number of anilines is 2. The zero-order valence-electron chi connectivity index (χ0n) is 11.6. The summed E-state index contributed by atoms with van der Waals surface area (Å²) in [6, 6.07) is 2.49. The maximum atomic E-state index is 4.53. The van der Waals surface area contributed by atoms with Gasteiger partial charge < -0.3 is 10.6 Å². The van der Waals surface area contributed by atoms with Crippen molar-refractivity contribution < 1.29 is 0 Å². The van der Waals surface area contributed by atoms with E-state index in [-0.39, 0.29) is 0 Å². The van der Waals surface area contributed by atoms with E-state index in [1.54, 1.807) is 11.8 Å². The summed E-state index contributed by atoms with van der Waals surface area (Å²) < 4.78 is 0. The van der Waals surface area contributed by atoms with E-state index >= 15 is 0 Å². The van der Waals surface area contributed by atoms with Crippen LogP contribution in [-0.2, 0) is 0 Å². The van der Waals surface area contributed by atoms with Crippen LogP contribution < -0.4 is 10.6 Å². The summed E-state index contributed by atoms with van der Waals surface area (Å²) in [6.07, 6.45) is 5.80. The molecule has 1 fully saturated rings. The molecule has 0 radical (unpaired) electrons. The van der Waals surface area contributed by atoms with E-state index in [1.807, 2.05) is 19.4 Å². The highest BCUT2D eigenvalue weighted by atomic mass is 32.2. The zero-order valence-corrected chi connectivity index (χ0v) is 12.4. The van der Waals surface area contributed by atoms with Crippen molar-refractivity contribution in [3.05, 3.63) is 6.07 Å². The molecule has 5 heteroatoms. The Labute approximate surface area is 113 Å². The minimum absolute atomic E-state index is 0.351. The van der Waals surface area contributed by atoms with Gasteiger partial charge in [-0.2, -0.15) is 0 Å². The highest BCUT2D eigenvalue weighted by Crippen LogP contribution is 2.39. The van der Waals surface area contributed by atoms with Gasteiger partial charge in [-0.05, 0) is 24.5 Å². The van der Waals surface area contributed by atoms with Crippen LogP contribution in [0.25, 0.3) is 0 Å². The first-order chi connectivity index (χ1) is 8.55. The van der Waals surface area contributed by atoms with Gasteiger partial charge in [-0.3, -0.25) is 0 Å². The Bertz CT molecular complexity index is 397. The summed E-state index contributed by atoms with van der Waals surface area (Å²) in [5.41, 5.74) is 0.351. The Balaban J connectivity index is 2.18. The van der Waals surface area contributed by atoms with E-state index in [1.165, 1.54) is 19.3 Å². The first kappa shape index (κ1) is 13.5. The lowest BCUT2D eigenvalue weighted by Gasteiger charge is -2.28. The minimum Gasteiger partial charge on any atom is -0.373 e. The fourth-order valence-electron chi connectivity index (χ4n) is 2.49. The number of nitrogens with zero attached hydrogens (tertiary/aromatic N) is 2. The highest BCUT2D eigenvalue weighted by molar-refractivity contribution is 7.98. The van der Waals surface area contributed by atoms with Crippen molar-refractivity contribution in [3.8, 4) is 0 Å². The van der Waals surface area contributed by atoms with Gasteiger partial charge >= 0.3 is 0 Å². The van der Waals surface area contributed by atoms with Crippen molar-refractivity contribution in [1.82, 2.24) is 9.97 Å². The molecule has 2 N–H and O–H groups in total. The molecule has 0 spiro atoms. The number of hydrogen-bond acceptors (Lipinski definition) is 5. The Morgan fingerprint density at radius 3 is 2.61 bits per heavy atom. The second kappa shape index (κ2) is 5.34. The molecule has 0 amide bonds. The van der Waals surface area contributed by atoms with Gasteiger partial charge in [0, 0.05) is 19.2 Å².